The SMILES string of the molecule is CC(C)(C)OC(=O)N1CCC(CO)(n2cncn2)CC1. The molecular weight excluding hydrogens is 260 g/mol. The second kappa shape index (κ2) is 5.40. The van der Waals surface area contributed by atoms with Crippen molar-refractivity contribution in [2.45, 2.75) is 44.8 Å². The summed E-state index contributed by atoms with van der Waals surface area (Å²) in [7, 11) is 0. The van der Waals surface area contributed by atoms with Crippen molar-refractivity contribution in [3.05, 3.63) is 12.7 Å². The molecule has 7 heteroatoms. The highest BCUT2D eigenvalue weighted by molar-refractivity contribution is 5.68. The van der Waals surface area contributed by atoms with Crippen molar-refractivity contribution in [1.82, 2.24) is 19.7 Å². The van der Waals surface area contributed by atoms with Gasteiger partial charge in [-0.2, -0.15) is 5.10 Å². The number of rotatable bonds is 2. The van der Waals surface area contributed by atoms with Gasteiger partial charge < -0.3 is 14.7 Å². The number of ether oxygens (including phenoxy) is 1. The summed E-state index contributed by atoms with van der Waals surface area (Å²) in [6, 6.07) is 0. The molecule has 0 bridgehead atoms. The van der Waals surface area contributed by atoms with Crippen LogP contribution in [0.2, 0.25) is 0 Å². The second-order valence-electron chi connectivity index (χ2n) is 6.19. The Labute approximate surface area is 118 Å². The smallest absolute Gasteiger partial charge is 0.410 e. The van der Waals surface area contributed by atoms with Crippen LogP contribution in [0, 0.1) is 0 Å². The van der Waals surface area contributed by atoms with Gasteiger partial charge >= 0.3 is 6.09 Å². The number of amides is 1. The number of hydrogen-bond donors (Lipinski definition) is 1. The van der Waals surface area contributed by atoms with Crippen LogP contribution in [0.1, 0.15) is 33.6 Å². The van der Waals surface area contributed by atoms with Crippen LogP contribution in [0.15, 0.2) is 12.7 Å². The molecule has 7 nitrogen and oxygen atoms in total. The molecule has 0 aliphatic carbocycles. The van der Waals surface area contributed by atoms with E-state index >= 15 is 0 Å². The number of likely N-dealkylation sites (tertiary alicyclic amines) is 1. The predicted octanol–water partition coefficient (Wildman–Crippen LogP) is 0.997. The van der Waals surface area contributed by atoms with Gasteiger partial charge in [0.1, 0.15) is 18.3 Å². The van der Waals surface area contributed by atoms with Gasteiger partial charge in [0.05, 0.1) is 12.1 Å². The van der Waals surface area contributed by atoms with Gasteiger partial charge in [0.25, 0.3) is 0 Å². The summed E-state index contributed by atoms with van der Waals surface area (Å²) >= 11 is 0. The minimum absolute atomic E-state index is 0.0154. The molecule has 112 valence electrons. The average molecular weight is 282 g/mol. The first-order valence-corrected chi connectivity index (χ1v) is 6.80. The van der Waals surface area contributed by atoms with E-state index in [0.717, 1.165) is 0 Å². The molecule has 1 aliphatic rings. The molecule has 20 heavy (non-hydrogen) atoms. The molecule has 1 saturated heterocycles. The second-order valence-corrected chi connectivity index (χ2v) is 6.19. The van der Waals surface area contributed by atoms with Gasteiger partial charge in [0.15, 0.2) is 0 Å². The van der Waals surface area contributed by atoms with E-state index < -0.39 is 11.1 Å². The highest BCUT2D eigenvalue weighted by Crippen LogP contribution is 2.29. The molecule has 1 aliphatic heterocycles. The number of aliphatic hydroxyl groups excluding tert-OH is 1. The van der Waals surface area contributed by atoms with Crippen LogP contribution in [0.25, 0.3) is 0 Å². The first kappa shape index (κ1) is 14.8. The third kappa shape index (κ3) is 3.09. The minimum atomic E-state index is -0.492. The minimum Gasteiger partial charge on any atom is -0.444 e. The fraction of sp³-hybridized carbons (Fsp3) is 0.769. The van der Waals surface area contributed by atoms with Crippen molar-refractivity contribution >= 4 is 6.09 Å². The van der Waals surface area contributed by atoms with Crippen molar-refractivity contribution in [3.63, 3.8) is 0 Å². The summed E-state index contributed by atoms with van der Waals surface area (Å²) in [5.41, 5.74) is -0.955. The molecule has 2 rings (SSSR count). The maximum atomic E-state index is 12.0. The average Bonchev–Trinajstić information content (AvgIpc) is 2.91. The highest BCUT2D eigenvalue weighted by atomic mass is 16.6. The largest absolute Gasteiger partial charge is 0.444 e. The lowest BCUT2D eigenvalue weighted by atomic mass is 9.88. The van der Waals surface area contributed by atoms with E-state index in [9.17, 15) is 9.90 Å². The van der Waals surface area contributed by atoms with Crippen LogP contribution in [0.4, 0.5) is 4.79 Å². The van der Waals surface area contributed by atoms with Crippen LogP contribution in [0.5, 0.6) is 0 Å². The lowest BCUT2D eigenvalue weighted by molar-refractivity contribution is 0.0000777. The molecule has 1 N–H and O–H groups in total. The van der Waals surface area contributed by atoms with Crippen LogP contribution in [0.3, 0.4) is 0 Å². The Hall–Kier alpha value is -1.63. The monoisotopic (exact) mass is 282 g/mol. The standard InChI is InChI=1S/C13H22N4O3/c1-12(2,3)20-11(19)16-6-4-13(8-18,5-7-16)17-10-14-9-15-17/h9-10,18H,4-8H2,1-3H3. The van der Waals surface area contributed by atoms with Gasteiger partial charge in [0, 0.05) is 13.1 Å². The van der Waals surface area contributed by atoms with Gasteiger partial charge in [-0.3, -0.25) is 0 Å². The molecule has 1 aromatic heterocycles. The summed E-state index contributed by atoms with van der Waals surface area (Å²) in [4.78, 5) is 17.6. The Morgan fingerprint density at radius 3 is 2.50 bits per heavy atom. The van der Waals surface area contributed by atoms with Crippen molar-refractivity contribution in [1.29, 1.82) is 0 Å². The molecule has 1 amide bonds. The van der Waals surface area contributed by atoms with E-state index in [-0.39, 0.29) is 12.7 Å². The van der Waals surface area contributed by atoms with Gasteiger partial charge in [-0.05, 0) is 33.6 Å². The van der Waals surface area contributed by atoms with E-state index in [1.54, 1.807) is 15.9 Å². The Balaban J connectivity index is 1.99. The molecule has 2 heterocycles. The zero-order valence-corrected chi connectivity index (χ0v) is 12.2. The van der Waals surface area contributed by atoms with Crippen LogP contribution in [-0.4, -0.2) is 56.2 Å². The Morgan fingerprint density at radius 1 is 1.40 bits per heavy atom. The van der Waals surface area contributed by atoms with Gasteiger partial charge in [-0.25, -0.2) is 14.5 Å². The predicted molar refractivity (Wildman–Crippen MR) is 72.1 cm³/mol. The maximum absolute atomic E-state index is 12.0. The molecule has 1 fully saturated rings. The number of carbonyl (C=O) groups is 1. The lowest BCUT2D eigenvalue weighted by Gasteiger charge is -2.40. The van der Waals surface area contributed by atoms with E-state index in [4.69, 9.17) is 4.74 Å². The lowest BCUT2D eigenvalue weighted by Crippen LogP contribution is -2.51. The molecule has 0 atom stereocenters. The molecule has 0 unspecified atom stereocenters. The van der Waals surface area contributed by atoms with Crippen molar-refractivity contribution < 1.29 is 14.6 Å². The van der Waals surface area contributed by atoms with E-state index in [0.29, 0.717) is 25.9 Å². The van der Waals surface area contributed by atoms with E-state index in [1.807, 2.05) is 20.8 Å². The number of carbonyl (C=O) groups excluding carboxylic acids is 1. The van der Waals surface area contributed by atoms with Gasteiger partial charge in [-0.1, -0.05) is 0 Å². The number of nitrogens with zero attached hydrogens (tertiary/aromatic N) is 4. The third-order valence-electron chi connectivity index (χ3n) is 3.54. The molecule has 0 radical (unpaired) electrons. The summed E-state index contributed by atoms with van der Waals surface area (Å²) in [5.74, 6) is 0. The maximum Gasteiger partial charge on any atom is 0.410 e. The summed E-state index contributed by atoms with van der Waals surface area (Å²) in [6.07, 6.45) is 4.03. The fourth-order valence-electron chi connectivity index (χ4n) is 2.34. The van der Waals surface area contributed by atoms with Crippen LogP contribution in [-0.2, 0) is 10.3 Å². The number of aliphatic hydroxyl groups is 1. The van der Waals surface area contributed by atoms with Crippen molar-refractivity contribution in [2.24, 2.45) is 0 Å². The van der Waals surface area contributed by atoms with Gasteiger partial charge in [0.2, 0.25) is 0 Å². The normalized spacial score (nSPS) is 18.9. The first-order valence-electron chi connectivity index (χ1n) is 6.80. The summed E-state index contributed by atoms with van der Waals surface area (Å²) < 4.78 is 7.05. The zero-order chi connectivity index (χ0) is 14.8. The summed E-state index contributed by atoms with van der Waals surface area (Å²) in [6.45, 7) is 6.61. The van der Waals surface area contributed by atoms with Crippen LogP contribution >= 0.6 is 0 Å². The summed E-state index contributed by atoms with van der Waals surface area (Å²) in [5, 5.41) is 13.8. The topological polar surface area (TPSA) is 80.5 Å². The number of piperidine rings is 1. The quantitative estimate of drug-likeness (QED) is 0.875. The van der Waals surface area contributed by atoms with E-state index in [1.165, 1.54) is 6.33 Å². The molecule has 0 spiro atoms. The molecule has 0 aromatic carbocycles. The third-order valence-corrected chi connectivity index (χ3v) is 3.54. The molecule has 1 aromatic rings. The van der Waals surface area contributed by atoms with Crippen molar-refractivity contribution in [2.75, 3.05) is 19.7 Å². The van der Waals surface area contributed by atoms with Crippen LogP contribution < -0.4 is 0 Å². The number of hydrogen-bond acceptors (Lipinski definition) is 5. The van der Waals surface area contributed by atoms with Gasteiger partial charge in [-0.15, -0.1) is 0 Å². The van der Waals surface area contributed by atoms with E-state index in [2.05, 4.69) is 10.1 Å². The molecular formula is C13H22N4O3. The Kier molecular flexibility index (Phi) is 3.99. The Morgan fingerprint density at radius 2 is 2.05 bits per heavy atom. The first-order chi connectivity index (χ1) is 9.36. The number of aromatic nitrogens is 3. The Bertz CT molecular complexity index is 445. The zero-order valence-electron chi connectivity index (χ0n) is 12.2. The van der Waals surface area contributed by atoms with Crippen molar-refractivity contribution in [3.8, 4) is 0 Å². The molecule has 0 saturated carbocycles. The fourth-order valence-corrected chi connectivity index (χ4v) is 2.34. The highest BCUT2D eigenvalue weighted by Gasteiger charge is 2.38.